The van der Waals surface area contributed by atoms with Crippen LogP contribution in [-0.2, 0) is 0 Å². The van der Waals surface area contributed by atoms with Gasteiger partial charge in [0.2, 0.25) is 0 Å². The molecule has 0 amide bonds. The molecule has 1 aliphatic rings. The van der Waals surface area contributed by atoms with Crippen LogP contribution in [0.25, 0.3) is 0 Å². The maximum absolute atomic E-state index is 10.9. The minimum absolute atomic E-state index is 0.244. The molecule has 25 heavy (non-hydrogen) atoms. The van der Waals surface area contributed by atoms with Crippen LogP contribution in [0.3, 0.4) is 0 Å². The molecular weight excluding hydrogens is 338 g/mol. The van der Waals surface area contributed by atoms with E-state index in [1.54, 1.807) is 24.3 Å². The number of aliphatic hydroxyl groups is 1. The van der Waals surface area contributed by atoms with Gasteiger partial charge < -0.3 is 15.5 Å². The number of aliphatic hydroxyl groups excluding tert-OH is 1. The van der Waals surface area contributed by atoms with Crippen molar-refractivity contribution in [1.29, 1.82) is 0 Å². The Labute approximate surface area is 151 Å². The van der Waals surface area contributed by atoms with Gasteiger partial charge in [0.15, 0.2) is 5.11 Å². The summed E-state index contributed by atoms with van der Waals surface area (Å²) in [6.45, 7) is 2.43. The van der Waals surface area contributed by atoms with E-state index in [9.17, 15) is 4.79 Å². The molecule has 2 aromatic carbocycles. The molecule has 0 bridgehead atoms. The standard InChI is InChI=1S/C17H15N3O2S.CH4O/c1-11-2-4-12(5-3-11)15-18-10-20(17(23)19-15)14-8-6-13(7-9-14)16(21)22;1-2/h2-9H,10H2,1H3,(H,21,22)(H,18,19,23);2H,1H3. The van der Waals surface area contributed by atoms with Crippen LogP contribution in [0.5, 0.6) is 0 Å². The zero-order valence-corrected chi connectivity index (χ0v) is 14.7. The molecule has 130 valence electrons. The Balaban J connectivity index is 0.00000109. The first-order valence-corrected chi connectivity index (χ1v) is 7.93. The Morgan fingerprint density at radius 2 is 1.72 bits per heavy atom. The number of amidine groups is 1. The highest BCUT2D eigenvalue weighted by molar-refractivity contribution is 7.80. The fourth-order valence-electron chi connectivity index (χ4n) is 2.27. The van der Waals surface area contributed by atoms with Gasteiger partial charge in [0.25, 0.3) is 0 Å². The summed E-state index contributed by atoms with van der Waals surface area (Å²) in [5, 5.41) is 19.6. The summed E-state index contributed by atoms with van der Waals surface area (Å²) in [6, 6.07) is 14.6. The van der Waals surface area contributed by atoms with Gasteiger partial charge in [0.05, 0.1) is 5.56 Å². The van der Waals surface area contributed by atoms with Crippen molar-refractivity contribution in [2.75, 3.05) is 18.7 Å². The first-order chi connectivity index (χ1) is 12.0. The molecule has 0 saturated heterocycles. The van der Waals surface area contributed by atoms with Crippen molar-refractivity contribution in [3.63, 3.8) is 0 Å². The van der Waals surface area contributed by atoms with Gasteiger partial charge in [-0.15, -0.1) is 0 Å². The number of carboxylic acids is 1. The van der Waals surface area contributed by atoms with Gasteiger partial charge in [-0.25, -0.2) is 9.79 Å². The van der Waals surface area contributed by atoms with E-state index < -0.39 is 5.97 Å². The van der Waals surface area contributed by atoms with Crippen LogP contribution in [0.4, 0.5) is 5.69 Å². The lowest BCUT2D eigenvalue weighted by Crippen LogP contribution is -2.47. The molecule has 0 spiro atoms. The normalized spacial score (nSPS) is 13.3. The average molecular weight is 357 g/mol. The highest BCUT2D eigenvalue weighted by atomic mass is 32.1. The average Bonchev–Trinajstić information content (AvgIpc) is 2.64. The lowest BCUT2D eigenvalue weighted by molar-refractivity contribution is 0.0697. The third kappa shape index (κ3) is 4.40. The summed E-state index contributed by atoms with van der Waals surface area (Å²) in [4.78, 5) is 17.2. The van der Waals surface area contributed by atoms with Crippen LogP contribution < -0.4 is 10.2 Å². The number of thiocarbonyl (C=S) groups is 1. The second-order valence-corrected chi connectivity index (χ2v) is 5.61. The Kier molecular flexibility index (Phi) is 6.21. The van der Waals surface area contributed by atoms with Crippen LogP contribution in [-0.4, -0.2) is 40.9 Å². The summed E-state index contributed by atoms with van der Waals surface area (Å²) < 4.78 is 0. The van der Waals surface area contributed by atoms with Crippen molar-refractivity contribution in [1.82, 2.24) is 5.32 Å². The number of hydrogen-bond donors (Lipinski definition) is 3. The predicted molar refractivity (Wildman–Crippen MR) is 102 cm³/mol. The smallest absolute Gasteiger partial charge is 0.335 e. The van der Waals surface area contributed by atoms with E-state index in [-0.39, 0.29) is 5.56 Å². The second-order valence-electron chi connectivity index (χ2n) is 5.22. The van der Waals surface area contributed by atoms with Gasteiger partial charge >= 0.3 is 5.97 Å². The van der Waals surface area contributed by atoms with E-state index in [2.05, 4.69) is 10.3 Å². The molecule has 2 aromatic rings. The molecule has 0 aromatic heterocycles. The van der Waals surface area contributed by atoms with Crippen molar-refractivity contribution in [3.05, 3.63) is 65.2 Å². The van der Waals surface area contributed by atoms with E-state index in [0.717, 1.165) is 24.2 Å². The fourth-order valence-corrected chi connectivity index (χ4v) is 2.53. The molecule has 0 saturated carbocycles. The SMILES string of the molecule is CO.Cc1ccc(C2=NCN(c3ccc(C(=O)O)cc3)C(=S)N2)cc1. The van der Waals surface area contributed by atoms with E-state index in [4.69, 9.17) is 22.4 Å². The first-order valence-electron chi connectivity index (χ1n) is 7.53. The third-order valence-electron chi connectivity index (χ3n) is 3.59. The zero-order chi connectivity index (χ0) is 18.4. The number of carboxylic acid groups (broad SMARTS) is 1. The Morgan fingerprint density at radius 1 is 1.12 bits per heavy atom. The Morgan fingerprint density at radius 3 is 2.24 bits per heavy atom. The number of aryl methyl sites for hydroxylation is 1. The maximum atomic E-state index is 10.9. The predicted octanol–water partition coefficient (Wildman–Crippen LogP) is 2.40. The van der Waals surface area contributed by atoms with Crippen molar-refractivity contribution >= 4 is 34.8 Å². The van der Waals surface area contributed by atoms with Crippen LogP contribution in [0.1, 0.15) is 21.5 Å². The molecule has 0 fully saturated rings. The summed E-state index contributed by atoms with van der Waals surface area (Å²) in [5.74, 6) is -0.205. The fraction of sp³-hybridized carbons (Fsp3) is 0.167. The summed E-state index contributed by atoms with van der Waals surface area (Å²) >= 11 is 5.41. The van der Waals surface area contributed by atoms with Crippen LogP contribution in [0.15, 0.2) is 53.5 Å². The van der Waals surface area contributed by atoms with E-state index >= 15 is 0 Å². The number of benzene rings is 2. The van der Waals surface area contributed by atoms with Crippen molar-refractivity contribution < 1.29 is 15.0 Å². The number of rotatable bonds is 3. The highest BCUT2D eigenvalue weighted by Crippen LogP contribution is 2.18. The molecule has 1 aliphatic heterocycles. The quantitative estimate of drug-likeness (QED) is 0.732. The second kappa shape index (κ2) is 8.36. The minimum Gasteiger partial charge on any atom is -0.478 e. The monoisotopic (exact) mass is 357 g/mol. The van der Waals surface area contributed by atoms with Crippen molar-refractivity contribution in [2.45, 2.75) is 6.92 Å². The number of aliphatic imine (C=N–C) groups is 1. The highest BCUT2D eigenvalue weighted by Gasteiger charge is 2.19. The van der Waals surface area contributed by atoms with E-state index in [1.165, 1.54) is 5.56 Å². The maximum Gasteiger partial charge on any atom is 0.335 e. The Hall–Kier alpha value is -2.77. The molecule has 0 atom stereocenters. The largest absolute Gasteiger partial charge is 0.478 e. The summed E-state index contributed by atoms with van der Waals surface area (Å²) in [6.07, 6.45) is 0. The van der Waals surface area contributed by atoms with Gasteiger partial charge in [-0.3, -0.25) is 4.90 Å². The van der Waals surface area contributed by atoms with Crippen molar-refractivity contribution in [3.8, 4) is 0 Å². The number of anilines is 1. The number of nitrogens with one attached hydrogen (secondary N) is 1. The summed E-state index contributed by atoms with van der Waals surface area (Å²) in [5.41, 5.74) is 3.22. The van der Waals surface area contributed by atoms with Gasteiger partial charge in [-0.2, -0.15) is 0 Å². The lowest BCUT2D eigenvalue weighted by atomic mass is 10.1. The molecule has 0 radical (unpaired) electrons. The molecule has 3 rings (SSSR count). The van der Waals surface area contributed by atoms with E-state index in [0.29, 0.717) is 11.8 Å². The zero-order valence-electron chi connectivity index (χ0n) is 13.9. The third-order valence-corrected chi connectivity index (χ3v) is 3.91. The van der Waals surface area contributed by atoms with Crippen molar-refractivity contribution in [2.24, 2.45) is 4.99 Å². The number of aromatic carboxylic acids is 1. The molecule has 1 heterocycles. The number of carbonyl (C=O) groups is 1. The molecule has 6 nitrogen and oxygen atoms in total. The Bertz CT molecular complexity index is 786. The number of hydrogen-bond acceptors (Lipinski definition) is 4. The first kappa shape index (κ1) is 18.6. The molecular formula is C18H19N3O3S. The summed E-state index contributed by atoms with van der Waals surface area (Å²) in [7, 11) is 1.00. The molecule has 7 heteroatoms. The van der Waals surface area contributed by atoms with Gasteiger partial charge in [0, 0.05) is 18.4 Å². The topological polar surface area (TPSA) is 85.2 Å². The van der Waals surface area contributed by atoms with Crippen LogP contribution >= 0.6 is 12.2 Å². The minimum atomic E-state index is -0.949. The van der Waals surface area contributed by atoms with Crippen LogP contribution in [0.2, 0.25) is 0 Å². The molecule has 0 aliphatic carbocycles. The van der Waals surface area contributed by atoms with Gasteiger partial charge in [0.1, 0.15) is 12.5 Å². The van der Waals surface area contributed by atoms with Gasteiger partial charge in [-0.05, 0) is 43.4 Å². The van der Waals surface area contributed by atoms with E-state index in [1.807, 2.05) is 36.1 Å². The number of nitrogens with zero attached hydrogens (tertiary/aromatic N) is 2. The van der Waals surface area contributed by atoms with Gasteiger partial charge in [-0.1, -0.05) is 29.8 Å². The molecule has 3 N–H and O–H groups in total. The van der Waals surface area contributed by atoms with Crippen LogP contribution in [0, 0.1) is 6.92 Å². The lowest BCUT2D eigenvalue weighted by Gasteiger charge is -2.29. The molecule has 0 unspecified atom stereocenters.